The Morgan fingerprint density at radius 1 is 1.60 bits per heavy atom. The van der Waals surface area contributed by atoms with Gasteiger partial charge in [-0.3, -0.25) is 0 Å². The van der Waals surface area contributed by atoms with Gasteiger partial charge < -0.3 is 10.2 Å². The van der Waals surface area contributed by atoms with Crippen molar-refractivity contribution < 1.29 is 4.42 Å². The summed E-state index contributed by atoms with van der Waals surface area (Å²) < 4.78 is 5.73. The van der Waals surface area contributed by atoms with E-state index in [0.29, 0.717) is 17.2 Å². The largest absolute Gasteiger partial charge is 0.444 e. The molecule has 3 heteroatoms. The van der Waals surface area contributed by atoms with E-state index >= 15 is 0 Å². The molecule has 2 atom stereocenters. The molecule has 84 valence electrons. The van der Waals surface area contributed by atoms with E-state index in [0.717, 1.165) is 5.76 Å². The summed E-state index contributed by atoms with van der Waals surface area (Å²) in [6.45, 7) is 6.51. The number of hydrogen-bond acceptors (Lipinski definition) is 3. The molecule has 1 aliphatic rings. The van der Waals surface area contributed by atoms with Crippen LogP contribution in [0.4, 0.5) is 0 Å². The summed E-state index contributed by atoms with van der Waals surface area (Å²) in [5.74, 6) is 2.19. The van der Waals surface area contributed by atoms with Crippen molar-refractivity contribution in [2.45, 2.75) is 52.0 Å². The summed E-state index contributed by atoms with van der Waals surface area (Å²) in [5.41, 5.74) is 6.08. The predicted octanol–water partition coefficient (Wildman–Crippen LogP) is 2.99. The van der Waals surface area contributed by atoms with Gasteiger partial charge in [-0.05, 0) is 25.2 Å². The third-order valence-corrected chi connectivity index (χ3v) is 3.53. The van der Waals surface area contributed by atoms with E-state index in [1.54, 1.807) is 0 Å². The Hall–Kier alpha value is -0.830. The van der Waals surface area contributed by atoms with Crippen molar-refractivity contribution >= 4 is 0 Å². The lowest BCUT2D eigenvalue weighted by Gasteiger charge is -2.24. The first-order chi connectivity index (χ1) is 7.00. The second kappa shape index (κ2) is 3.63. The number of nitrogens with zero attached hydrogens (tertiary/aromatic N) is 1. The molecule has 0 bridgehead atoms. The topological polar surface area (TPSA) is 52.0 Å². The van der Waals surface area contributed by atoms with Gasteiger partial charge in [-0.15, -0.1) is 0 Å². The number of rotatable bonds is 2. The Morgan fingerprint density at radius 3 is 2.80 bits per heavy atom. The summed E-state index contributed by atoms with van der Waals surface area (Å²) >= 11 is 0. The van der Waals surface area contributed by atoms with E-state index in [1.165, 1.54) is 19.3 Å². The van der Waals surface area contributed by atoms with E-state index in [9.17, 15) is 0 Å². The highest BCUT2D eigenvalue weighted by Gasteiger charge is 2.37. The molecule has 2 rings (SSSR count). The average molecular weight is 208 g/mol. The van der Waals surface area contributed by atoms with E-state index < -0.39 is 0 Å². The van der Waals surface area contributed by atoms with Crippen LogP contribution < -0.4 is 5.73 Å². The summed E-state index contributed by atoms with van der Waals surface area (Å²) in [4.78, 5) is 4.23. The fourth-order valence-electron chi connectivity index (χ4n) is 2.53. The van der Waals surface area contributed by atoms with Crippen LogP contribution in [0.3, 0.4) is 0 Å². The lowest BCUT2D eigenvalue weighted by molar-refractivity contribution is 0.285. The van der Waals surface area contributed by atoms with Gasteiger partial charge in [0.05, 0.1) is 12.2 Å². The quantitative estimate of drug-likeness (QED) is 0.812. The van der Waals surface area contributed by atoms with E-state index in [1.807, 2.05) is 13.1 Å². The molecule has 1 saturated carbocycles. The Kier molecular flexibility index (Phi) is 2.59. The first-order valence-corrected chi connectivity index (χ1v) is 5.72. The normalized spacial score (nSPS) is 26.8. The van der Waals surface area contributed by atoms with Crippen molar-refractivity contribution in [3.8, 4) is 0 Å². The van der Waals surface area contributed by atoms with Crippen LogP contribution in [0.1, 0.15) is 63.6 Å². The lowest BCUT2D eigenvalue weighted by atomic mass is 9.81. The molecule has 0 saturated heterocycles. The first-order valence-electron chi connectivity index (χ1n) is 5.72. The molecule has 1 aliphatic carbocycles. The van der Waals surface area contributed by atoms with Gasteiger partial charge in [-0.2, -0.15) is 0 Å². The SMILES string of the molecule is CC(N)c1ncc(C2CCCC2(C)C)o1. The summed E-state index contributed by atoms with van der Waals surface area (Å²) in [5, 5.41) is 0. The monoisotopic (exact) mass is 208 g/mol. The number of hydrogen-bond donors (Lipinski definition) is 1. The second-order valence-corrected chi connectivity index (χ2v) is 5.32. The molecule has 0 aliphatic heterocycles. The number of oxazole rings is 1. The molecule has 0 radical (unpaired) electrons. The van der Waals surface area contributed by atoms with Crippen LogP contribution in [0.2, 0.25) is 0 Å². The highest BCUT2D eigenvalue weighted by Crippen LogP contribution is 2.48. The van der Waals surface area contributed by atoms with Crippen molar-refractivity contribution in [2.75, 3.05) is 0 Å². The Morgan fingerprint density at radius 2 is 2.33 bits per heavy atom. The Labute approximate surface area is 91.1 Å². The predicted molar refractivity (Wildman–Crippen MR) is 59.5 cm³/mol. The molecule has 3 nitrogen and oxygen atoms in total. The first kappa shape index (κ1) is 10.7. The zero-order valence-electron chi connectivity index (χ0n) is 9.79. The molecule has 1 aromatic heterocycles. The molecule has 0 aromatic carbocycles. The maximum Gasteiger partial charge on any atom is 0.211 e. The standard InChI is InChI=1S/C12H20N2O/c1-8(13)11-14-7-10(15-11)9-5-4-6-12(9,2)3/h7-9H,4-6,13H2,1-3H3. The average Bonchev–Trinajstić information content (AvgIpc) is 2.69. The second-order valence-electron chi connectivity index (χ2n) is 5.32. The maximum absolute atomic E-state index is 5.74. The summed E-state index contributed by atoms with van der Waals surface area (Å²) in [7, 11) is 0. The van der Waals surface area contributed by atoms with Gasteiger partial charge in [0.25, 0.3) is 0 Å². The van der Waals surface area contributed by atoms with Crippen LogP contribution in [0.25, 0.3) is 0 Å². The van der Waals surface area contributed by atoms with Crippen molar-refractivity contribution in [2.24, 2.45) is 11.1 Å². The van der Waals surface area contributed by atoms with Gasteiger partial charge in [-0.25, -0.2) is 4.98 Å². The summed E-state index contributed by atoms with van der Waals surface area (Å²) in [6, 6.07) is -0.108. The van der Waals surface area contributed by atoms with Crippen molar-refractivity contribution in [3.05, 3.63) is 17.8 Å². The molecule has 2 N–H and O–H groups in total. The van der Waals surface area contributed by atoms with Crippen molar-refractivity contribution in [1.82, 2.24) is 4.98 Å². The van der Waals surface area contributed by atoms with Gasteiger partial charge in [0.15, 0.2) is 0 Å². The zero-order chi connectivity index (χ0) is 11.1. The molecule has 0 spiro atoms. The minimum atomic E-state index is -0.108. The lowest BCUT2D eigenvalue weighted by Crippen LogP contribution is -2.14. The number of aromatic nitrogens is 1. The smallest absolute Gasteiger partial charge is 0.211 e. The van der Waals surface area contributed by atoms with Crippen LogP contribution >= 0.6 is 0 Å². The summed E-state index contributed by atoms with van der Waals surface area (Å²) in [6.07, 6.45) is 5.62. The van der Waals surface area contributed by atoms with E-state index in [4.69, 9.17) is 10.2 Å². The molecular weight excluding hydrogens is 188 g/mol. The van der Waals surface area contributed by atoms with E-state index in [2.05, 4.69) is 18.8 Å². The number of nitrogens with two attached hydrogens (primary N) is 1. The van der Waals surface area contributed by atoms with Crippen LogP contribution in [0.15, 0.2) is 10.6 Å². The highest BCUT2D eigenvalue weighted by molar-refractivity contribution is 5.10. The van der Waals surface area contributed by atoms with Gasteiger partial charge in [0.1, 0.15) is 5.76 Å². The molecular formula is C12H20N2O. The Bertz CT molecular complexity index is 341. The fraction of sp³-hybridized carbons (Fsp3) is 0.750. The maximum atomic E-state index is 5.74. The van der Waals surface area contributed by atoms with Gasteiger partial charge >= 0.3 is 0 Å². The minimum absolute atomic E-state index is 0.108. The molecule has 1 aromatic rings. The van der Waals surface area contributed by atoms with Crippen molar-refractivity contribution in [3.63, 3.8) is 0 Å². The van der Waals surface area contributed by atoms with Crippen LogP contribution in [-0.4, -0.2) is 4.98 Å². The third-order valence-electron chi connectivity index (χ3n) is 3.53. The minimum Gasteiger partial charge on any atom is -0.444 e. The van der Waals surface area contributed by atoms with Crippen LogP contribution in [-0.2, 0) is 0 Å². The molecule has 1 heterocycles. The molecule has 2 unspecified atom stereocenters. The third kappa shape index (κ3) is 1.93. The van der Waals surface area contributed by atoms with Crippen molar-refractivity contribution in [1.29, 1.82) is 0 Å². The Balaban J connectivity index is 2.22. The molecule has 0 amide bonds. The molecule has 1 fully saturated rings. The van der Waals surface area contributed by atoms with Gasteiger partial charge in [0, 0.05) is 5.92 Å². The molecule has 15 heavy (non-hydrogen) atoms. The van der Waals surface area contributed by atoms with E-state index in [-0.39, 0.29) is 6.04 Å². The van der Waals surface area contributed by atoms with Gasteiger partial charge in [-0.1, -0.05) is 20.3 Å². The van der Waals surface area contributed by atoms with Crippen LogP contribution in [0.5, 0.6) is 0 Å². The van der Waals surface area contributed by atoms with Gasteiger partial charge in [0.2, 0.25) is 5.89 Å². The highest BCUT2D eigenvalue weighted by atomic mass is 16.4. The zero-order valence-corrected chi connectivity index (χ0v) is 9.79. The fourth-order valence-corrected chi connectivity index (χ4v) is 2.53. The van der Waals surface area contributed by atoms with Crippen LogP contribution in [0, 0.1) is 5.41 Å².